The molecule has 0 amide bonds. The number of Topliss-reactive ketones (excluding diaryl/α,β-unsaturated/α-hetero) is 1. The average molecular weight is 225 g/mol. The SMILES string of the molecule is Cc1ccc(C(=O)CCc2cccnc2)cc1. The van der Waals surface area contributed by atoms with Crippen molar-refractivity contribution >= 4 is 5.78 Å². The maximum Gasteiger partial charge on any atom is 0.163 e. The highest BCUT2D eigenvalue weighted by atomic mass is 16.1. The highest BCUT2D eigenvalue weighted by molar-refractivity contribution is 5.96. The molecule has 0 atom stereocenters. The maximum atomic E-state index is 11.9. The van der Waals surface area contributed by atoms with Crippen molar-refractivity contribution < 1.29 is 4.79 Å². The molecule has 0 aliphatic rings. The zero-order chi connectivity index (χ0) is 12.1. The zero-order valence-electron chi connectivity index (χ0n) is 9.89. The second-order valence-electron chi connectivity index (χ2n) is 4.15. The maximum absolute atomic E-state index is 11.9. The van der Waals surface area contributed by atoms with Gasteiger partial charge in [-0.2, -0.15) is 0 Å². The Morgan fingerprint density at radius 3 is 2.59 bits per heavy atom. The molecular formula is C15H15NO. The summed E-state index contributed by atoms with van der Waals surface area (Å²) < 4.78 is 0. The molecule has 0 unspecified atom stereocenters. The van der Waals surface area contributed by atoms with Crippen molar-refractivity contribution in [3.63, 3.8) is 0 Å². The summed E-state index contributed by atoms with van der Waals surface area (Å²) in [5.41, 5.74) is 3.07. The summed E-state index contributed by atoms with van der Waals surface area (Å²) >= 11 is 0. The van der Waals surface area contributed by atoms with Crippen LogP contribution in [0.15, 0.2) is 48.8 Å². The molecule has 0 saturated heterocycles. The van der Waals surface area contributed by atoms with Gasteiger partial charge in [-0.15, -0.1) is 0 Å². The van der Waals surface area contributed by atoms with Crippen molar-refractivity contribution in [1.82, 2.24) is 4.98 Å². The number of benzene rings is 1. The highest BCUT2D eigenvalue weighted by Crippen LogP contribution is 2.09. The van der Waals surface area contributed by atoms with Crippen LogP contribution in [0.3, 0.4) is 0 Å². The Bertz CT molecular complexity index is 488. The fourth-order valence-electron chi connectivity index (χ4n) is 1.69. The van der Waals surface area contributed by atoms with E-state index in [1.54, 1.807) is 6.20 Å². The Balaban J connectivity index is 1.96. The molecule has 2 nitrogen and oxygen atoms in total. The Morgan fingerprint density at radius 1 is 1.18 bits per heavy atom. The molecule has 0 saturated carbocycles. The molecule has 0 N–H and O–H groups in total. The number of carbonyl (C=O) groups is 1. The largest absolute Gasteiger partial charge is 0.294 e. The van der Waals surface area contributed by atoms with Crippen LogP contribution in [0, 0.1) is 6.92 Å². The third-order valence-electron chi connectivity index (χ3n) is 2.74. The second-order valence-corrected chi connectivity index (χ2v) is 4.15. The fraction of sp³-hybridized carbons (Fsp3) is 0.200. The van der Waals surface area contributed by atoms with Gasteiger partial charge in [0.05, 0.1) is 0 Å². The van der Waals surface area contributed by atoms with Crippen LogP contribution in [0.1, 0.15) is 27.9 Å². The molecule has 0 spiro atoms. The van der Waals surface area contributed by atoms with Gasteiger partial charge in [-0.3, -0.25) is 9.78 Å². The van der Waals surface area contributed by atoms with Crippen LogP contribution in [0.4, 0.5) is 0 Å². The summed E-state index contributed by atoms with van der Waals surface area (Å²) in [4.78, 5) is 15.9. The van der Waals surface area contributed by atoms with Gasteiger partial charge >= 0.3 is 0 Å². The number of hydrogen-bond donors (Lipinski definition) is 0. The lowest BCUT2D eigenvalue weighted by molar-refractivity contribution is 0.0983. The van der Waals surface area contributed by atoms with Gasteiger partial charge in [0, 0.05) is 24.4 Å². The third kappa shape index (κ3) is 3.25. The monoisotopic (exact) mass is 225 g/mol. The van der Waals surface area contributed by atoms with E-state index in [1.165, 1.54) is 5.56 Å². The molecule has 1 aromatic carbocycles. The van der Waals surface area contributed by atoms with Gasteiger partial charge in [0.1, 0.15) is 0 Å². The molecule has 1 heterocycles. The lowest BCUT2D eigenvalue weighted by Crippen LogP contribution is -2.01. The molecule has 1 aromatic heterocycles. The van der Waals surface area contributed by atoms with Gasteiger partial charge in [-0.05, 0) is 25.0 Å². The molecule has 2 aromatic rings. The number of rotatable bonds is 4. The zero-order valence-corrected chi connectivity index (χ0v) is 9.89. The first kappa shape index (κ1) is 11.5. The second kappa shape index (κ2) is 5.39. The van der Waals surface area contributed by atoms with E-state index >= 15 is 0 Å². The lowest BCUT2D eigenvalue weighted by Gasteiger charge is -2.02. The molecule has 0 fully saturated rings. The van der Waals surface area contributed by atoms with Crippen LogP contribution in [0.2, 0.25) is 0 Å². The fourth-order valence-corrected chi connectivity index (χ4v) is 1.69. The van der Waals surface area contributed by atoms with Crippen LogP contribution < -0.4 is 0 Å². The quantitative estimate of drug-likeness (QED) is 0.748. The normalized spacial score (nSPS) is 10.2. The van der Waals surface area contributed by atoms with E-state index in [4.69, 9.17) is 0 Å². The average Bonchev–Trinajstić information content (AvgIpc) is 2.38. The van der Waals surface area contributed by atoms with E-state index in [0.29, 0.717) is 6.42 Å². The first-order chi connectivity index (χ1) is 8.25. The summed E-state index contributed by atoms with van der Waals surface area (Å²) in [6.45, 7) is 2.02. The summed E-state index contributed by atoms with van der Waals surface area (Å²) in [6, 6.07) is 11.6. The Kier molecular flexibility index (Phi) is 3.66. The Labute approximate surface area is 101 Å². The minimum Gasteiger partial charge on any atom is -0.294 e. The third-order valence-corrected chi connectivity index (χ3v) is 2.74. The first-order valence-corrected chi connectivity index (χ1v) is 5.74. The van der Waals surface area contributed by atoms with Gasteiger partial charge in [0.25, 0.3) is 0 Å². The van der Waals surface area contributed by atoms with Crippen molar-refractivity contribution in [2.45, 2.75) is 19.8 Å². The standard InChI is InChI=1S/C15H15NO/c1-12-4-7-14(8-5-12)15(17)9-6-13-3-2-10-16-11-13/h2-5,7-8,10-11H,6,9H2,1H3. The van der Waals surface area contributed by atoms with Crippen molar-refractivity contribution in [2.75, 3.05) is 0 Å². The molecular weight excluding hydrogens is 210 g/mol. The molecule has 0 aliphatic carbocycles. The molecule has 0 radical (unpaired) electrons. The topological polar surface area (TPSA) is 30.0 Å². The van der Waals surface area contributed by atoms with Crippen molar-refractivity contribution in [3.05, 3.63) is 65.5 Å². The number of ketones is 1. The van der Waals surface area contributed by atoms with E-state index in [0.717, 1.165) is 17.5 Å². The van der Waals surface area contributed by atoms with Crippen molar-refractivity contribution in [3.8, 4) is 0 Å². The predicted molar refractivity (Wildman–Crippen MR) is 68.1 cm³/mol. The summed E-state index contributed by atoms with van der Waals surface area (Å²) in [6.07, 6.45) is 4.84. The molecule has 2 rings (SSSR count). The minimum absolute atomic E-state index is 0.189. The van der Waals surface area contributed by atoms with Crippen LogP contribution in [0.5, 0.6) is 0 Å². The Hall–Kier alpha value is -1.96. The van der Waals surface area contributed by atoms with E-state index < -0.39 is 0 Å². The molecule has 2 heteroatoms. The van der Waals surface area contributed by atoms with E-state index in [9.17, 15) is 4.79 Å². The van der Waals surface area contributed by atoms with Crippen LogP contribution >= 0.6 is 0 Å². The van der Waals surface area contributed by atoms with E-state index in [1.807, 2.05) is 49.5 Å². The number of pyridine rings is 1. The smallest absolute Gasteiger partial charge is 0.163 e. The molecule has 17 heavy (non-hydrogen) atoms. The van der Waals surface area contributed by atoms with Gasteiger partial charge in [-0.1, -0.05) is 35.9 Å². The Morgan fingerprint density at radius 2 is 1.94 bits per heavy atom. The van der Waals surface area contributed by atoms with Gasteiger partial charge < -0.3 is 0 Å². The van der Waals surface area contributed by atoms with Crippen LogP contribution in [0.25, 0.3) is 0 Å². The molecule has 0 aliphatic heterocycles. The summed E-state index contributed by atoms with van der Waals surface area (Å²) in [5, 5.41) is 0. The van der Waals surface area contributed by atoms with Gasteiger partial charge in [0.15, 0.2) is 5.78 Å². The number of carbonyl (C=O) groups excluding carboxylic acids is 1. The predicted octanol–water partition coefficient (Wildman–Crippen LogP) is 3.21. The minimum atomic E-state index is 0.189. The number of aromatic nitrogens is 1. The summed E-state index contributed by atoms with van der Waals surface area (Å²) in [7, 11) is 0. The molecule has 86 valence electrons. The van der Waals surface area contributed by atoms with E-state index in [2.05, 4.69) is 4.98 Å². The van der Waals surface area contributed by atoms with Crippen molar-refractivity contribution in [2.24, 2.45) is 0 Å². The lowest BCUT2D eigenvalue weighted by atomic mass is 10.0. The van der Waals surface area contributed by atoms with Crippen molar-refractivity contribution in [1.29, 1.82) is 0 Å². The number of nitrogens with zero attached hydrogens (tertiary/aromatic N) is 1. The summed E-state index contributed by atoms with van der Waals surface area (Å²) in [5.74, 6) is 0.189. The molecule has 0 bridgehead atoms. The number of aryl methyl sites for hydroxylation is 2. The first-order valence-electron chi connectivity index (χ1n) is 5.74. The van der Waals surface area contributed by atoms with Crippen LogP contribution in [-0.2, 0) is 6.42 Å². The number of hydrogen-bond acceptors (Lipinski definition) is 2. The highest BCUT2D eigenvalue weighted by Gasteiger charge is 2.05. The van der Waals surface area contributed by atoms with Gasteiger partial charge in [0.2, 0.25) is 0 Å². The van der Waals surface area contributed by atoms with Gasteiger partial charge in [-0.25, -0.2) is 0 Å². The van der Waals surface area contributed by atoms with E-state index in [-0.39, 0.29) is 5.78 Å². The van der Waals surface area contributed by atoms with Crippen LogP contribution in [-0.4, -0.2) is 10.8 Å².